The minimum absolute atomic E-state index is 0.0235. The van der Waals surface area contributed by atoms with Gasteiger partial charge < -0.3 is 15.1 Å². The van der Waals surface area contributed by atoms with Crippen LogP contribution in [-0.2, 0) is 16.1 Å². The molecule has 1 aliphatic rings. The molecule has 0 bridgehead atoms. The maximum absolute atomic E-state index is 13.4. The first-order chi connectivity index (χ1) is 17.4. The van der Waals surface area contributed by atoms with Gasteiger partial charge >= 0.3 is 0 Å². The molecule has 3 aromatic rings. The molecule has 1 N–H and O–H groups in total. The lowest BCUT2D eigenvalue weighted by Crippen LogP contribution is -2.47. The Morgan fingerprint density at radius 2 is 1.75 bits per heavy atom. The first-order valence-electron chi connectivity index (χ1n) is 12.6. The van der Waals surface area contributed by atoms with Crippen molar-refractivity contribution in [2.24, 2.45) is 0 Å². The molecule has 0 aromatic heterocycles. The van der Waals surface area contributed by atoms with Crippen molar-refractivity contribution in [2.45, 2.75) is 52.1 Å². The molecule has 0 fully saturated rings. The summed E-state index contributed by atoms with van der Waals surface area (Å²) in [5.74, 6) is -0.270. The van der Waals surface area contributed by atoms with Crippen molar-refractivity contribution < 1.29 is 14.4 Å². The number of hydrogen-bond acceptors (Lipinski definition) is 3. The van der Waals surface area contributed by atoms with Crippen LogP contribution in [-0.4, -0.2) is 41.8 Å². The number of nitrogens with zero attached hydrogens (tertiary/aromatic N) is 2. The first kappa shape index (κ1) is 25.9. The maximum atomic E-state index is 13.4. The molecule has 4 rings (SSSR count). The zero-order valence-corrected chi connectivity index (χ0v) is 22.4. The van der Waals surface area contributed by atoms with Gasteiger partial charge in [0.2, 0.25) is 11.8 Å². The molecule has 3 amide bonds. The number of carbonyl (C=O) groups is 3. The van der Waals surface area contributed by atoms with Crippen LogP contribution in [0, 0.1) is 0 Å². The van der Waals surface area contributed by atoms with Crippen LogP contribution in [0.15, 0.2) is 65.1 Å². The average Bonchev–Trinajstić information content (AvgIpc) is 3.16. The molecule has 1 heterocycles. The number of anilines is 1. The van der Waals surface area contributed by atoms with E-state index in [1.807, 2.05) is 60.7 Å². The number of unbranched alkanes of at least 4 members (excludes halogenated alkanes) is 1. The zero-order valence-electron chi connectivity index (χ0n) is 20.8. The monoisotopic (exact) mass is 549 g/mol. The highest BCUT2D eigenvalue weighted by Gasteiger charge is 2.30. The molecule has 1 aliphatic heterocycles. The Kier molecular flexibility index (Phi) is 8.41. The van der Waals surface area contributed by atoms with E-state index >= 15 is 0 Å². The molecule has 0 saturated heterocycles. The lowest BCUT2D eigenvalue weighted by molar-refractivity contribution is -0.140. The van der Waals surface area contributed by atoms with Gasteiger partial charge in [0.15, 0.2) is 0 Å². The minimum atomic E-state index is -0.593. The molecular weight excluding hydrogens is 518 g/mol. The van der Waals surface area contributed by atoms with Gasteiger partial charge in [-0.1, -0.05) is 65.7 Å². The van der Waals surface area contributed by atoms with Gasteiger partial charge in [-0.05, 0) is 55.0 Å². The molecule has 36 heavy (non-hydrogen) atoms. The Labute approximate surface area is 220 Å². The summed E-state index contributed by atoms with van der Waals surface area (Å²) in [6, 6.07) is 18.9. The molecule has 7 heteroatoms. The maximum Gasteiger partial charge on any atom is 0.258 e. The molecule has 188 valence electrons. The Bertz CT molecular complexity index is 1250. The fourth-order valence-electron chi connectivity index (χ4n) is 4.64. The molecule has 0 radical (unpaired) electrons. The van der Waals surface area contributed by atoms with Gasteiger partial charge in [0, 0.05) is 41.5 Å². The summed E-state index contributed by atoms with van der Waals surface area (Å²) in [6.45, 7) is 5.25. The summed E-state index contributed by atoms with van der Waals surface area (Å²) in [6.07, 6.45) is 2.65. The molecular formula is C29H32BrN3O3. The van der Waals surface area contributed by atoms with Gasteiger partial charge in [-0.15, -0.1) is 0 Å². The van der Waals surface area contributed by atoms with Crippen molar-refractivity contribution in [1.82, 2.24) is 10.2 Å². The Balaban J connectivity index is 1.44. The topological polar surface area (TPSA) is 69.7 Å². The Morgan fingerprint density at radius 1 is 1.03 bits per heavy atom. The SMILES string of the molecule is CCCCNC(=O)[C@H](C)N(Cc1ccc(Br)cc1)C(=O)CCCN1C(=O)c2cccc3cccc1c23. The predicted octanol–water partition coefficient (Wildman–Crippen LogP) is 5.68. The zero-order chi connectivity index (χ0) is 25.7. The van der Waals surface area contributed by atoms with Gasteiger partial charge in [-0.2, -0.15) is 0 Å². The van der Waals surface area contributed by atoms with Crippen LogP contribution in [0.1, 0.15) is 55.5 Å². The molecule has 6 nitrogen and oxygen atoms in total. The molecule has 0 aliphatic carbocycles. The number of carbonyl (C=O) groups excluding carboxylic acids is 3. The molecule has 1 atom stereocenters. The first-order valence-corrected chi connectivity index (χ1v) is 13.3. The van der Waals surface area contributed by atoms with E-state index in [-0.39, 0.29) is 24.1 Å². The molecule has 0 unspecified atom stereocenters. The highest BCUT2D eigenvalue weighted by molar-refractivity contribution is 9.10. The van der Waals surface area contributed by atoms with Crippen molar-refractivity contribution in [3.63, 3.8) is 0 Å². The second kappa shape index (κ2) is 11.7. The number of halogens is 1. The van der Waals surface area contributed by atoms with Crippen molar-refractivity contribution >= 4 is 50.1 Å². The van der Waals surface area contributed by atoms with Crippen LogP contribution in [0.2, 0.25) is 0 Å². The number of amides is 3. The summed E-state index contributed by atoms with van der Waals surface area (Å²) >= 11 is 3.44. The second-order valence-electron chi connectivity index (χ2n) is 9.21. The summed E-state index contributed by atoms with van der Waals surface area (Å²) in [4.78, 5) is 42.7. The predicted molar refractivity (Wildman–Crippen MR) is 147 cm³/mol. The lowest BCUT2D eigenvalue weighted by atomic mass is 10.1. The van der Waals surface area contributed by atoms with Crippen LogP contribution in [0.3, 0.4) is 0 Å². The van der Waals surface area contributed by atoms with E-state index in [1.54, 1.807) is 16.7 Å². The average molecular weight is 550 g/mol. The van der Waals surface area contributed by atoms with Crippen LogP contribution >= 0.6 is 15.9 Å². The van der Waals surface area contributed by atoms with E-state index in [0.717, 1.165) is 39.3 Å². The van der Waals surface area contributed by atoms with Gasteiger partial charge in [-0.3, -0.25) is 14.4 Å². The van der Waals surface area contributed by atoms with Crippen LogP contribution in [0.25, 0.3) is 10.8 Å². The van der Waals surface area contributed by atoms with Crippen LogP contribution in [0.5, 0.6) is 0 Å². The summed E-state index contributed by atoms with van der Waals surface area (Å²) < 4.78 is 0.959. The summed E-state index contributed by atoms with van der Waals surface area (Å²) in [5.41, 5.74) is 2.57. The van der Waals surface area contributed by atoms with Gasteiger partial charge in [0.1, 0.15) is 6.04 Å². The quantitative estimate of drug-likeness (QED) is 0.313. The fourth-order valence-corrected chi connectivity index (χ4v) is 4.90. The van der Waals surface area contributed by atoms with Crippen molar-refractivity contribution in [2.75, 3.05) is 18.0 Å². The van der Waals surface area contributed by atoms with Gasteiger partial charge in [-0.25, -0.2) is 0 Å². The molecule has 0 spiro atoms. The fraction of sp³-hybridized carbons (Fsp3) is 0.345. The van der Waals surface area contributed by atoms with Crippen LogP contribution < -0.4 is 10.2 Å². The van der Waals surface area contributed by atoms with E-state index in [0.29, 0.717) is 31.6 Å². The van der Waals surface area contributed by atoms with E-state index in [4.69, 9.17) is 0 Å². The summed E-state index contributed by atoms with van der Waals surface area (Å²) in [7, 11) is 0. The summed E-state index contributed by atoms with van der Waals surface area (Å²) in [5, 5.41) is 4.97. The van der Waals surface area contributed by atoms with Crippen molar-refractivity contribution in [1.29, 1.82) is 0 Å². The second-order valence-corrected chi connectivity index (χ2v) is 10.1. The number of rotatable bonds is 11. The Morgan fingerprint density at radius 3 is 2.47 bits per heavy atom. The number of hydrogen-bond donors (Lipinski definition) is 1. The smallest absolute Gasteiger partial charge is 0.258 e. The lowest BCUT2D eigenvalue weighted by Gasteiger charge is -2.29. The molecule has 0 saturated carbocycles. The highest BCUT2D eigenvalue weighted by Crippen LogP contribution is 2.37. The third-order valence-corrected chi connectivity index (χ3v) is 7.21. The highest BCUT2D eigenvalue weighted by atomic mass is 79.9. The third kappa shape index (κ3) is 5.62. The van der Waals surface area contributed by atoms with E-state index < -0.39 is 6.04 Å². The van der Waals surface area contributed by atoms with Crippen molar-refractivity contribution in [3.8, 4) is 0 Å². The Hall–Kier alpha value is -3.19. The van der Waals surface area contributed by atoms with Gasteiger partial charge in [0.05, 0.1) is 5.69 Å². The number of benzene rings is 3. The largest absolute Gasteiger partial charge is 0.354 e. The molecule has 3 aromatic carbocycles. The number of nitrogens with one attached hydrogen (secondary N) is 1. The van der Waals surface area contributed by atoms with Crippen molar-refractivity contribution in [3.05, 3.63) is 76.3 Å². The van der Waals surface area contributed by atoms with Gasteiger partial charge in [0.25, 0.3) is 5.91 Å². The van der Waals surface area contributed by atoms with E-state index in [1.165, 1.54) is 0 Å². The minimum Gasteiger partial charge on any atom is -0.354 e. The standard InChI is InChI=1S/C29H32BrN3O3/c1-3-4-17-31-28(35)20(2)33(19-21-13-15-23(30)16-14-21)26(34)12-7-18-32-25-11-6-9-22-8-5-10-24(27(22)25)29(32)36/h5-6,8-11,13-16,20H,3-4,7,12,17-19H2,1-2H3,(H,31,35)/t20-/m0/s1. The normalized spacial score (nSPS) is 13.2. The van der Waals surface area contributed by atoms with E-state index in [2.05, 4.69) is 28.2 Å². The van der Waals surface area contributed by atoms with Crippen LogP contribution in [0.4, 0.5) is 5.69 Å². The van der Waals surface area contributed by atoms with E-state index in [9.17, 15) is 14.4 Å². The third-order valence-electron chi connectivity index (χ3n) is 6.68.